The van der Waals surface area contributed by atoms with Gasteiger partial charge in [-0.2, -0.15) is 0 Å². The number of aliphatic hydroxyl groups is 1. The third kappa shape index (κ3) is 5.09. The molecule has 4 nitrogen and oxygen atoms in total. The van der Waals surface area contributed by atoms with Crippen molar-refractivity contribution in [1.29, 1.82) is 1.43 Å². The van der Waals surface area contributed by atoms with E-state index in [1.54, 1.807) is 5.92 Å². The van der Waals surface area contributed by atoms with Crippen molar-refractivity contribution in [3.05, 3.63) is 35.8 Å². The molecule has 1 atom stereocenters. The van der Waals surface area contributed by atoms with E-state index in [0.29, 0.717) is 4.90 Å². The standard InChI is InChI=1S/C22H31NO3/c1-3-23(4-2)17-11-12-18-26-21(24)22(25,19-13-7-5-8-14-19)20-15-9-6-10-16-20/h5,7-8,13-14,20,25H,3-4,6,9-10,15-18H2,1-2H3/i3D2,4D2,5D,6D2,7D,8D,9D2,10D2,13D,14D,15D2,16D2,18D2,20D,25D. The third-order valence-corrected chi connectivity index (χ3v) is 3.05. The highest BCUT2D eigenvalue weighted by atomic mass is 16.5. The molecule has 0 saturated heterocycles. The summed E-state index contributed by atoms with van der Waals surface area (Å²) in [6.07, 6.45) is -22.1. The zero-order valence-electron chi connectivity index (χ0n) is 36.9. The van der Waals surface area contributed by atoms with E-state index in [1.165, 1.54) is 0 Å². The first-order valence-electron chi connectivity index (χ1n) is 18.6. The maximum atomic E-state index is 14.2. The van der Waals surface area contributed by atoms with Gasteiger partial charge in [-0.3, -0.25) is 4.90 Å². The maximum absolute atomic E-state index is 14.2. The van der Waals surface area contributed by atoms with Crippen LogP contribution >= 0.6 is 0 Å². The monoisotopic (exact) mass is 380 g/mol. The number of benzene rings is 1. The lowest BCUT2D eigenvalue weighted by molar-refractivity contribution is -0.174. The van der Waals surface area contributed by atoms with Gasteiger partial charge in [0.15, 0.2) is 12.2 Å². The SMILES string of the molecule is [2H]OC(C(=O)OC([2H])([2H])C#CCN(C([2H])([2H])C)C([2H])([2H])C)(c1c([2H])c([2H])c([2H])c([2H])c1[2H])C1([2H])C([2H])([2H])C([2H])([2H])C([2H])([2H])C([2H])([2H])C1([2H])[2H]. The Kier molecular flexibility index (Phi) is 2.23. The van der Waals surface area contributed by atoms with Crippen molar-refractivity contribution in [3.63, 3.8) is 0 Å². The topological polar surface area (TPSA) is 49.8 Å². The fourth-order valence-corrected chi connectivity index (χ4v) is 1.75. The van der Waals surface area contributed by atoms with Crippen LogP contribution < -0.4 is 0 Å². The molecular formula is C22H31NO3. The zero-order chi connectivity index (χ0) is 39.2. The van der Waals surface area contributed by atoms with Gasteiger partial charge in [0.05, 0.1) is 16.1 Å². The predicted molar refractivity (Wildman–Crippen MR) is 103 cm³/mol. The molecule has 0 aliphatic heterocycles. The van der Waals surface area contributed by atoms with Gasteiger partial charge in [0.1, 0.15) is 0 Å². The normalized spacial score (nSPS) is 42.7. The van der Waals surface area contributed by atoms with Crippen molar-refractivity contribution >= 4 is 5.97 Å². The summed E-state index contributed by atoms with van der Waals surface area (Å²) in [5.74, 6) is -3.78. The largest absolute Gasteiger partial charge is 0.450 e. The number of esters is 1. The maximum Gasteiger partial charge on any atom is 0.344 e. The number of carbonyl (C=O) groups is 1. The first-order valence-corrected chi connectivity index (χ1v) is 7.18. The molecule has 26 heavy (non-hydrogen) atoms. The van der Waals surface area contributed by atoms with Crippen LogP contribution in [0, 0.1) is 17.7 Å². The van der Waals surface area contributed by atoms with Crippen LogP contribution in [0.3, 0.4) is 0 Å². The second-order valence-corrected chi connectivity index (χ2v) is 4.51. The minimum absolute atomic E-state index is 0.497. The molecule has 1 unspecified atom stereocenters. The fourth-order valence-electron chi connectivity index (χ4n) is 1.75. The van der Waals surface area contributed by atoms with Crippen LogP contribution in [0.5, 0.6) is 0 Å². The van der Waals surface area contributed by atoms with Crippen molar-refractivity contribution in [1.82, 2.24) is 4.90 Å². The van der Waals surface area contributed by atoms with Crippen LogP contribution in [0.1, 0.15) is 81.4 Å². The Morgan fingerprint density at radius 3 is 2.69 bits per heavy atom. The summed E-state index contributed by atoms with van der Waals surface area (Å²) >= 11 is 0. The number of hydrogen-bond donors (Lipinski definition) is 1. The van der Waals surface area contributed by atoms with E-state index in [4.69, 9.17) is 30.2 Å². The van der Waals surface area contributed by atoms with Crippen molar-refractivity contribution < 1.29 is 44.8 Å². The molecule has 1 aromatic carbocycles. The fraction of sp³-hybridized carbons (Fsp3) is 0.591. The Bertz CT molecular complexity index is 1480. The van der Waals surface area contributed by atoms with E-state index < -0.39 is 111 Å². The molecule has 0 heterocycles. The summed E-state index contributed by atoms with van der Waals surface area (Å²) in [4.78, 5) is 14.7. The van der Waals surface area contributed by atoms with E-state index in [-0.39, 0.29) is 0 Å². The molecule has 0 spiro atoms. The lowest BCUT2D eigenvalue weighted by Gasteiger charge is -2.36. The average Bonchev–Trinajstić information content (AvgIpc) is 2.92. The van der Waals surface area contributed by atoms with Gasteiger partial charge in [0.25, 0.3) is 0 Å². The molecule has 1 N–H and O–H groups in total. The molecule has 2 rings (SSSR count). The third-order valence-electron chi connectivity index (χ3n) is 3.05. The van der Waals surface area contributed by atoms with Gasteiger partial charge >= 0.3 is 5.97 Å². The van der Waals surface area contributed by atoms with E-state index in [1.807, 2.05) is 5.92 Å². The Balaban J connectivity index is 3.14. The predicted octanol–water partition coefficient (Wildman–Crippen LogP) is 3.34. The molecule has 0 radical (unpaired) electrons. The van der Waals surface area contributed by atoms with E-state index >= 15 is 0 Å². The second kappa shape index (κ2) is 10.4. The van der Waals surface area contributed by atoms with Crippen LogP contribution in [0.2, 0.25) is 0 Å². The highest BCUT2D eigenvalue weighted by Gasteiger charge is 2.46. The number of nitrogens with zero attached hydrogens (tertiary/aromatic N) is 1. The Morgan fingerprint density at radius 1 is 1.38 bits per heavy atom. The molecular weight excluding hydrogens is 326 g/mol. The number of ether oxygens (including phenoxy) is 1. The van der Waals surface area contributed by atoms with Crippen LogP contribution in [-0.4, -0.2) is 43.5 Å². The summed E-state index contributed by atoms with van der Waals surface area (Å²) in [5, 5.41) is 4.41. The van der Waals surface area contributed by atoms with Crippen molar-refractivity contribution in [2.75, 3.05) is 26.1 Å². The average molecular weight is 381 g/mol. The molecule has 1 aromatic rings. The summed E-state index contributed by atoms with van der Waals surface area (Å²) < 4.78 is 194. The molecule has 1 fully saturated rings. The number of hydrogen-bond acceptors (Lipinski definition) is 4. The minimum atomic E-state index is -4.77. The molecule has 0 amide bonds. The highest BCUT2D eigenvalue weighted by molar-refractivity contribution is 5.81. The van der Waals surface area contributed by atoms with E-state index in [9.17, 15) is 6.17 Å². The van der Waals surface area contributed by atoms with Crippen molar-refractivity contribution in [2.45, 2.75) is 51.3 Å². The Labute approximate surface area is 189 Å². The summed E-state index contributed by atoms with van der Waals surface area (Å²) in [7, 11) is 0. The molecule has 142 valence electrons. The van der Waals surface area contributed by atoms with E-state index in [2.05, 4.69) is 9.85 Å². The highest BCUT2D eigenvalue weighted by Crippen LogP contribution is 2.40. The lowest BCUT2D eigenvalue weighted by atomic mass is 9.73. The van der Waals surface area contributed by atoms with Gasteiger partial charge < -0.3 is 9.85 Å². The van der Waals surface area contributed by atoms with Crippen molar-refractivity contribution in [2.24, 2.45) is 5.89 Å². The van der Waals surface area contributed by atoms with E-state index in [0.717, 1.165) is 13.8 Å². The lowest BCUT2D eigenvalue weighted by Crippen LogP contribution is -2.45. The minimum Gasteiger partial charge on any atom is -0.450 e. The van der Waals surface area contributed by atoms with Crippen LogP contribution in [-0.2, 0) is 15.1 Å². The summed E-state index contributed by atoms with van der Waals surface area (Å²) in [5.41, 5.74) is -6.39. The van der Waals surface area contributed by atoms with Gasteiger partial charge in [-0.15, -0.1) is 0 Å². The Morgan fingerprint density at radius 2 is 2.08 bits per heavy atom. The summed E-state index contributed by atoms with van der Waals surface area (Å²) in [6.45, 7) is -7.56. The zero-order valence-corrected chi connectivity index (χ0v) is 13.9. The molecule has 1 aliphatic carbocycles. The van der Waals surface area contributed by atoms with Gasteiger partial charge in [0.2, 0.25) is 1.43 Å². The molecule has 1 aliphatic rings. The number of carbonyl (C=O) groups excluding carboxylic acids is 1. The molecule has 1 saturated carbocycles. The number of rotatable bonds is 8. The molecule has 4 heteroatoms. The first kappa shape index (κ1) is 5.59. The summed E-state index contributed by atoms with van der Waals surface area (Å²) in [6, 6.07) is -7.17. The second-order valence-electron chi connectivity index (χ2n) is 4.51. The van der Waals surface area contributed by atoms with Gasteiger partial charge in [-0.05, 0) is 31.3 Å². The van der Waals surface area contributed by atoms with Crippen LogP contribution in [0.4, 0.5) is 0 Å². The van der Waals surface area contributed by atoms with Crippen LogP contribution in [0.25, 0.3) is 0 Å². The molecule has 0 bridgehead atoms. The van der Waals surface area contributed by atoms with Crippen molar-refractivity contribution in [3.8, 4) is 11.8 Å². The Hall–Kier alpha value is -1.83. The first-order chi connectivity index (χ1) is 21.5. The molecule has 0 aromatic heterocycles. The van der Waals surface area contributed by atoms with Gasteiger partial charge in [-0.1, -0.05) is 75.0 Å². The quantitative estimate of drug-likeness (QED) is 0.555. The van der Waals surface area contributed by atoms with Crippen LogP contribution in [0.15, 0.2) is 30.2 Å². The smallest absolute Gasteiger partial charge is 0.344 e. The van der Waals surface area contributed by atoms with Gasteiger partial charge in [0, 0.05) is 26.5 Å². The van der Waals surface area contributed by atoms with Gasteiger partial charge in [-0.25, -0.2) is 4.79 Å².